The topological polar surface area (TPSA) is 119 Å². The summed E-state index contributed by atoms with van der Waals surface area (Å²) in [4.78, 5) is 39.8. The Morgan fingerprint density at radius 2 is 1.91 bits per heavy atom. The van der Waals surface area contributed by atoms with Gasteiger partial charge in [-0.3, -0.25) is 4.79 Å². The van der Waals surface area contributed by atoms with Crippen molar-refractivity contribution in [3.8, 4) is 0 Å². The molecule has 9 nitrogen and oxygen atoms in total. The number of anilines is 1. The maximum Gasteiger partial charge on any atom is 0.410 e. The molecule has 0 saturated heterocycles. The van der Waals surface area contributed by atoms with E-state index in [-0.39, 0.29) is 39.9 Å². The van der Waals surface area contributed by atoms with Crippen LogP contribution in [0, 0.1) is 0 Å². The van der Waals surface area contributed by atoms with E-state index in [4.69, 9.17) is 9.47 Å². The van der Waals surface area contributed by atoms with Gasteiger partial charge in [0.2, 0.25) is 0 Å². The highest BCUT2D eigenvalue weighted by molar-refractivity contribution is 7.91. The third kappa shape index (κ3) is 4.63. The van der Waals surface area contributed by atoms with Crippen molar-refractivity contribution in [1.82, 2.24) is 4.90 Å². The first-order chi connectivity index (χ1) is 15.2. The van der Waals surface area contributed by atoms with Gasteiger partial charge in [-0.05, 0) is 31.0 Å². The Labute approximate surface area is 190 Å². The van der Waals surface area contributed by atoms with Crippen LogP contribution < -0.4 is 5.32 Å². The number of carbonyl (C=O) groups is 3. The molecule has 2 aromatic rings. The first-order valence-electron chi connectivity index (χ1n) is 10.0. The summed E-state index contributed by atoms with van der Waals surface area (Å²) in [7, 11) is -2.38. The van der Waals surface area contributed by atoms with E-state index in [1.54, 1.807) is 19.1 Å². The number of sulfone groups is 1. The van der Waals surface area contributed by atoms with Gasteiger partial charge in [-0.1, -0.05) is 19.1 Å². The van der Waals surface area contributed by atoms with Gasteiger partial charge in [-0.15, -0.1) is 11.3 Å². The molecule has 11 heteroatoms. The van der Waals surface area contributed by atoms with Crippen LogP contribution in [0.3, 0.4) is 0 Å². The fourth-order valence-corrected chi connectivity index (χ4v) is 5.77. The molecule has 0 radical (unpaired) electrons. The summed E-state index contributed by atoms with van der Waals surface area (Å²) in [6, 6.07) is 5.92. The Morgan fingerprint density at radius 3 is 2.56 bits per heavy atom. The Kier molecular flexibility index (Phi) is 7.19. The van der Waals surface area contributed by atoms with Crippen molar-refractivity contribution >= 4 is 44.1 Å². The minimum atomic E-state index is -3.63. The van der Waals surface area contributed by atoms with Crippen molar-refractivity contribution in [3.05, 3.63) is 45.8 Å². The fourth-order valence-electron chi connectivity index (χ4n) is 3.43. The van der Waals surface area contributed by atoms with Crippen molar-refractivity contribution in [1.29, 1.82) is 0 Å². The highest BCUT2D eigenvalue weighted by Gasteiger charge is 2.32. The molecule has 172 valence electrons. The predicted octanol–water partition coefficient (Wildman–Crippen LogP) is 3.10. The van der Waals surface area contributed by atoms with Crippen LogP contribution in [-0.2, 0) is 32.3 Å². The van der Waals surface area contributed by atoms with E-state index in [0.29, 0.717) is 18.5 Å². The number of nitrogens with zero attached hydrogens (tertiary/aromatic N) is 1. The molecule has 0 bridgehead atoms. The number of hydrogen-bond donors (Lipinski definition) is 1. The highest BCUT2D eigenvalue weighted by atomic mass is 32.2. The van der Waals surface area contributed by atoms with E-state index >= 15 is 0 Å². The lowest BCUT2D eigenvalue weighted by atomic mass is 10.0. The van der Waals surface area contributed by atoms with Crippen LogP contribution in [-0.4, -0.2) is 57.3 Å². The predicted molar refractivity (Wildman–Crippen MR) is 119 cm³/mol. The number of fused-ring (bicyclic) bond motifs is 1. The smallest absolute Gasteiger partial charge is 0.410 e. The van der Waals surface area contributed by atoms with Gasteiger partial charge in [0, 0.05) is 11.4 Å². The molecular formula is C21H24N2O7S2. The fraction of sp³-hybridized carbons (Fsp3) is 0.381. The Bertz CT molecular complexity index is 1150. The number of amides is 2. The average Bonchev–Trinajstić information content (AvgIpc) is 3.15. The summed E-state index contributed by atoms with van der Waals surface area (Å²) < 4.78 is 34.8. The molecule has 1 aromatic heterocycles. The molecule has 0 atom stereocenters. The number of rotatable bonds is 6. The third-order valence-electron chi connectivity index (χ3n) is 5.05. The molecule has 32 heavy (non-hydrogen) atoms. The zero-order valence-corrected chi connectivity index (χ0v) is 19.6. The molecular weight excluding hydrogens is 456 g/mol. The van der Waals surface area contributed by atoms with E-state index in [0.717, 1.165) is 16.2 Å². The second-order valence-electron chi connectivity index (χ2n) is 6.92. The molecule has 0 unspecified atom stereocenters. The standard InChI is InChI=1S/C21H24N2O7S2/c1-4-30-21(26)23-11-10-13-15(12-23)31-19(17(13)20(25)29-3)22-18(24)14-8-6-7-9-16(14)32(27,28)5-2/h6-9H,4-5,10-12H2,1-3H3,(H,22,24). The van der Waals surface area contributed by atoms with Gasteiger partial charge in [-0.25, -0.2) is 18.0 Å². The lowest BCUT2D eigenvalue weighted by Gasteiger charge is -2.26. The number of benzene rings is 1. The number of carbonyl (C=O) groups excluding carboxylic acids is 3. The minimum absolute atomic E-state index is 0.00955. The summed E-state index contributed by atoms with van der Waals surface area (Å²) in [6.45, 7) is 4.07. The van der Waals surface area contributed by atoms with Gasteiger partial charge in [0.05, 0.1) is 42.0 Å². The van der Waals surface area contributed by atoms with Crippen molar-refractivity contribution in [2.24, 2.45) is 0 Å². The summed E-state index contributed by atoms with van der Waals surface area (Å²) in [6.07, 6.45) is -0.0541. The number of methoxy groups -OCH3 is 1. The van der Waals surface area contributed by atoms with Gasteiger partial charge in [0.15, 0.2) is 9.84 Å². The molecule has 2 amide bonds. The van der Waals surface area contributed by atoms with Crippen molar-refractivity contribution in [2.75, 3.05) is 31.3 Å². The van der Waals surface area contributed by atoms with Crippen LogP contribution in [0.25, 0.3) is 0 Å². The maximum atomic E-state index is 13.0. The first kappa shape index (κ1) is 23.7. The molecule has 1 aliphatic heterocycles. The molecule has 2 heterocycles. The zero-order chi connectivity index (χ0) is 23.5. The molecule has 0 fully saturated rings. The number of hydrogen-bond acceptors (Lipinski definition) is 8. The second kappa shape index (κ2) is 9.70. The first-order valence-corrected chi connectivity index (χ1v) is 12.5. The monoisotopic (exact) mass is 480 g/mol. The minimum Gasteiger partial charge on any atom is -0.465 e. The van der Waals surface area contributed by atoms with Crippen LogP contribution in [0.4, 0.5) is 9.80 Å². The van der Waals surface area contributed by atoms with Crippen molar-refractivity contribution < 1.29 is 32.3 Å². The Morgan fingerprint density at radius 1 is 1.19 bits per heavy atom. The molecule has 0 saturated carbocycles. The molecule has 0 aliphatic carbocycles. The van der Waals surface area contributed by atoms with Crippen LogP contribution >= 0.6 is 11.3 Å². The van der Waals surface area contributed by atoms with Crippen LogP contribution in [0.15, 0.2) is 29.2 Å². The average molecular weight is 481 g/mol. The summed E-state index contributed by atoms with van der Waals surface area (Å²) >= 11 is 1.16. The van der Waals surface area contributed by atoms with Crippen molar-refractivity contribution in [3.63, 3.8) is 0 Å². The molecule has 3 rings (SSSR count). The highest BCUT2D eigenvalue weighted by Crippen LogP contribution is 2.38. The number of ether oxygens (including phenoxy) is 2. The molecule has 1 N–H and O–H groups in total. The van der Waals surface area contributed by atoms with Crippen LogP contribution in [0.1, 0.15) is 45.0 Å². The zero-order valence-electron chi connectivity index (χ0n) is 18.0. The maximum absolute atomic E-state index is 13.0. The summed E-state index contributed by atoms with van der Waals surface area (Å²) in [5, 5.41) is 2.94. The van der Waals surface area contributed by atoms with E-state index in [9.17, 15) is 22.8 Å². The lowest BCUT2D eigenvalue weighted by molar-refractivity contribution is 0.0600. The van der Waals surface area contributed by atoms with Gasteiger partial charge >= 0.3 is 12.1 Å². The number of thiophene rings is 1. The summed E-state index contributed by atoms with van der Waals surface area (Å²) in [5.41, 5.74) is 0.914. The van der Waals surface area contributed by atoms with Gasteiger partial charge in [0.1, 0.15) is 5.00 Å². The van der Waals surface area contributed by atoms with Crippen molar-refractivity contribution in [2.45, 2.75) is 31.7 Å². The molecule has 1 aromatic carbocycles. The SMILES string of the molecule is CCOC(=O)N1CCc2c(sc(NC(=O)c3ccccc3S(=O)(=O)CC)c2C(=O)OC)C1. The van der Waals surface area contributed by atoms with E-state index in [2.05, 4.69) is 5.32 Å². The van der Waals surface area contributed by atoms with Crippen LogP contribution in [0.5, 0.6) is 0 Å². The van der Waals surface area contributed by atoms with E-state index in [1.807, 2.05) is 0 Å². The van der Waals surface area contributed by atoms with E-state index < -0.39 is 27.8 Å². The molecule has 1 aliphatic rings. The van der Waals surface area contributed by atoms with Gasteiger partial charge < -0.3 is 19.7 Å². The summed E-state index contributed by atoms with van der Waals surface area (Å²) in [5.74, 6) is -1.41. The van der Waals surface area contributed by atoms with E-state index in [1.165, 1.54) is 31.1 Å². The number of esters is 1. The third-order valence-corrected chi connectivity index (χ3v) is 7.96. The normalized spacial score (nSPS) is 13.3. The lowest BCUT2D eigenvalue weighted by Crippen LogP contribution is -2.36. The second-order valence-corrected chi connectivity index (χ2v) is 10.3. The Balaban J connectivity index is 1.97. The molecule has 0 spiro atoms. The van der Waals surface area contributed by atoms with Crippen LogP contribution in [0.2, 0.25) is 0 Å². The van der Waals surface area contributed by atoms with Gasteiger partial charge in [0.25, 0.3) is 5.91 Å². The number of nitrogens with one attached hydrogen (secondary N) is 1. The largest absolute Gasteiger partial charge is 0.465 e. The quantitative estimate of drug-likeness (QED) is 0.631. The Hall–Kier alpha value is -2.92. The van der Waals surface area contributed by atoms with Gasteiger partial charge in [-0.2, -0.15) is 0 Å².